The van der Waals surface area contributed by atoms with Crippen molar-refractivity contribution in [2.45, 2.75) is 37.5 Å². The Morgan fingerprint density at radius 3 is 2.44 bits per heavy atom. The van der Waals surface area contributed by atoms with Crippen molar-refractivity contribution >= 4 is 22.0 Å². The van der Waals surface area contributed by atoms with Crippen LogP contribution in [0.25, 0.3) is 0 Å². The Kier molecular flexibility index (Phi) is 4.02. The molecule has 0 aromatic carbocycles. The summed E-state index contributed by atoms with van der Waals surface area (Å²) in [6.07, 6.45) is 0.686. The van der Waals surface area contributed by atoms with Gasteiger partial charge in [-0.1, -0.05) is 0 Å². The van der Waals surface area contributed by atoms with E-state index in [9.17, 15) is 18.0 Å². The molecule has 1 aliphatic rings. The van der Waals surface area contributed by atoms with Crippen molar-refractivity contribution in [3.05, 3.63) is 0 Å². The molecule has 1 rings (SSSR count). The molecule has 7 nitrogen and oxygen atoms in total. The molecule has 1 saturated heterocycles. The van der Waals surface area contributed by atoms with Crippen molar-refractivity contribution < 1.29 is 27.9 Å². The number of sulfonamides is 1. The standard InChI is InChI=1S/C10H17NO6S/c1-7(8(12)17-3)18(15,16)11-6-4-5-10(11,2)9(13)14/h7H,4-6H2,1-3H3,(H,13,14). The zero-order valence-corrected chi connectivity index (χ0v) is 11.4. The summed E-state index contributed by atoms with van der Waals surface area (Å²) >= 11 is 0. The maximum atomic E-state index is 12.2. The second kappa shape index (κ2) is 4.85. The highest BCUT2D eigenvalue weighted by molar-refractivity contribution is 7.90. The highest BCUT2D eigenvalue weighted by Crippen LogP contribution is 2.33. The third-order valence-corrected chi connectivity index (χ3v) is 5.61. The van der Waals surface area contributed by atoms with Crippen LogP contribution >= 0.6 is 0 Å². The van der Waals surface area contributed by atoms with Crippen molar-refractivity contribution in [2.75, 3.05) is 13.7 Å². The van der Waals surface area contributed by atoms with Crippen molar-refractivity contribution in [3.63, 3.8) is 0 Å². The van der Waals surface area contributed by atoms with E-state index in [4.69, 9.17) is 5.11 Å². The van der Waals surface area contributed by atoms with Gasteiger partial charge in [0.2, 0.25) is 10.0 Å². The number of carbonyl (C=O) groups excluding carboxylic acids is 1. The minimum Gasteiger partial charge on any atom is -0.480 e. The molecule has 0 aliphatic carbocycles. The number of carboxylic acids is 1. The second-order valence-electron chi connectivity index (χ2n) is 4.47. The second-order valence-corrected chi connectivity index (χ2v) is 6.64. The number of esters is 1. The van der Waals surface area contributed by atoms with Gasteiger partial charge in [0.05, 0.1) is 7.11 Å². The van der Waals surface area contributed by atoms with E-state index >= 15 is 0 Å². The summed E-state index contributed by atoms with van der Waals surface area (Å²) < 4.78 is 29.7. The van der Waals surface area contributed by atoms with E-state index in [1.807, 2.05) is 0 Å². The van der Waals surface area contributed by atoms with Gasteiger partial charge in [-0.3, -0.25) is 9.59 Å². The summed E-state index contributed by atoms with van der Waals surface area (Å²) in [6.45, 7) is 2.65. The van der Waals surface area contributed by atoms with Gasteiger partial charge in [0.25, 0.3) is 0 Å². The summed E-state index contributed by atoms with van der Waals surface area (Å²) in [6, 6.07) is 0. The van der Waals surface area contributed by atoms with E-state index < -0.39 is 32.8 Å². The van der Waals surface area contributed by atoms with Crippen LogP contribution in [0.4, 0.5) is 0 Å². The third-order valence-electron chi connectivity index (χ3n) is 3.32. The largest absolute Gasteiger partial charge is 0.480 e. The fourth-order valence-electron chi connectivity index (χ4n) is 2.04. The minimum atomic E-state index is -4.02. The summed E-state index contributed by atoms with van der Waals surface area (Å²) in [7, 11) is -2.93. The molecule has 1 fully saturated rings. The van der Waals surface area contributed by atoms with Crippen LogP contribution in [0.15, 0.2) is 0 Å². The highest BCUT2D eigenvalue weighted by atomic mass is 32.2. The van der Waals surface area contributed by atoms with Crippen molar-refractivity contribution in [2.24, 2.45) is 0 Å². The van der Waals surface area contributed by atoms with E-state index in [2.05, 4.69) is 4.74 Å². The Bertz CT molecular complexity index is 459. The molecular weight excluding hydrogens is 262 g/mol. The molecule has 0 spiro atoms. The molecule has 1 aliphatic heterocycles. The zero-order chi connectivity index (χ0) is 14.1. The van der Waals surface area contributed by atoms with Gasteiger partial charge in [-0.2, -0.15) is 4.31 Å². The lowest BCUT2D eigenvalue weighted by atomic mass is 10.0. The highest BCUT2D eigenvalue weighted by Gasteiger charge is 2.51. The SMILES string of the molecule is COC(=O)C(C)S(=O)(=O)N1CCCC1(C)C(=O)O. The number of ether oxygens (including phenoxy) is 1. The van der Waals surface area contributed by atoms with Crippen molar-refractivity contribution in [1.82, 2.24) is 4.31 Å². The van der Waals surface area contributed by atoms with Crippen LogP contribution < -0.4 is 0 Å². The molecule has 0 aromatic rings. The van der Waals surface area contributed by atoms with Crippen molar-refractivity contribution in [3.8, 4) is 0 Å². The summed E-state index contributed by atoms with van der Waals surface area (Å²) in [4.78, 5) is 22.5. The number of carbonyl (C=O) groups is 2. The maximum Gasteiger partial charge on any atom is 0.325 e. The first-order valence-corrected chi connectivity index (χ1v) is 7.01. The average Bonchev–Trinajstić information content (AvgIpc) is 2.71. The van der Waals surface area contributed by atoms with Crippen LogP contribution in [0.2, 0.25) is 0 Å². The lowest BCUT2D eigenvalue weighted by Crippen LogP contribution is -2.54. The van der Waals surface area contributed by atoms with E-state index in [0.29, 0.717) is 6.42 Å². The Labute approximate surface area is 106 Å². The Morgan fingerprint density at radius 2 is 2.00 bits per heavy atom. The van der Waals surface area contributed by atoms with Gasteiger partial charge in [-0.15, -0.1) is 0 Å². The van der Waals surface area contributed by atoms with Gasteiger partial charge < -0.3 is 9.84 Å². The number of rotatable bonds is 4. The van der Waals surface area contributed by atoms with E-state index in [-0.39, 0.29) is 13.0 Å². The number of aliphatic carboxylic acids is 1. The molecule has 18 heavy (non-hydrogen) atoms. The first-order valence-electron chi connectivity index (χ1n) is 5.51. The Hall–Kier alpha value is -1.15. The fraction of sp³-hybridized carbons (Fsp3) is 0.800. The summed E-state index contributed by atoms with van der Waals surface area (Å²) in [5, 5.41) is 7.76. The van der Waals surface area contributed by atoms with Crippen molar-refractivity contribution in [1.29, 1.82) is 0 Å². The molecular formula is C10H17NO6S. The molecule has 1 N–H and O–H groups in total. The zero-order valence-electron chi connectivity index (χ0n) is 10.5. The van der Waals surface area contributed by atoms with Gasteiger partial charge >= 0.3 is 11.9 Å². The normalized spacial score (nSPS) is 26.8. The molecule has 0 saturated carbocycles. The Balaban J connectivity index is 3.13. The van der Waals surface area contributed by atoms with Crippen LogP contribution in [0.5, 0.6) is 0 Å². The van der Waals surface area contributed by atoms with E-state index in [1.165, 1.54) is 13.8 Å². The van der Waals surface area contributed by atoms with Crippen LogP contribution in [0.3, 0.4) is 0 Å². The minimum absolute atomic E-state index is 0.104. The number of carboxylic acid groups (broad SMARTS) is 1. The molecule has 2 unspecified atom stereocenters. The summed E-state index contributed by atoms with van der Waals surface area (Å²) in [5.41, 5.74) is -1.49. The van der Waals surface area contributed by atoms with Gasteiger partial charge in [-0.25, -0.2) is 8.42 Å². The van der Waals surface area contributed by atoms with Gasteiger partial charge in [0.15, 0.2) is 5.25 Å². The molecule has 0 radical (unpaired) electrons. The van der Waals surface area contributed by atoms with Crippen LogP contribution in [-0.2, 0) is 24.3 Å². The number of hydrogen-bond acceptors (Lipinski definition) is 5. The Morgan fingerprint density at radius 1 is 1.44 bits per heavy atom. The molecule has 0 aromatic heterocycles. The van der Waals surface area contributed by atoms with Crippen LogP contribution in [-0.4, -0.2) is 54.2 Å². The third kappa shape index (κ3) is 2.22. The molecule has 1 heterocycles. The molecule has 104 valence electrons. The average molecular weight is 279 g/mol. The predicted molar refractivity (Wildman–Crippen MR) is 62.4 cm³/mol. The number of hydrogen-bond donors (Lipinski definition) is 1. The molecule has 0 bridgehead atoms. The van der Waals surface area contributed by atoms with E-state index in [1.54, 1.807) is 0 Å². The van der Waals surface area contributed by atoms with E-state index in [0.717, 1.165) is 11.4 Å². The predicted octanol–water partition coefficient (Wildman–Crippen LogP) is -0.183. The number of nitrogens with zero attached hydrogens (tertiary/aromatic N) is 1. The quantitative estimate of drug-likeness (QED) is 0.716. The number of methoxy groups -OCH3 is 1. The smallest absolute Gasteiger partial charge is 0.325 e. The molecule has 8 heteroatoms. The molecule has 2 atom stereocenters. The maximum absolute atomic E-state index is 12.2. The van der Waals surface area contributed by atoms with Crippen LogP contribution in [0.1, 0.15) is 26.7 Å². The lowest BCUT2D eigenvalue weighted by Gasteiger charge is -2.31. The first kappa shape index (κ1) is 14.9. The van der Waals surface area contributed by atoms with Gasteiger partial charge in [0.1, 0.15) is 5.54 Å². The summed E-state index contributed by atoms with van der Waals surface area (Å²) in [5.74, 6) is -2.10. The van der Waals surface area contributed by atoms with Gasteiger partial charge in [-0.05, 0) is 26.7 Å². The first-order chi connectivity index (χ1) is 8.17. The lowest BCUT2D eigenvalue weighted by molar-refractivity contribution is -0.146. The van der Waals surface area contributed by atoms with Gasteiger partial charge in [0, 0.05) is 6.54 Å². The van der Waals surface area contributed by atoms with Crippen LogP contribution in [0, 0.1) is 0 Å². The topological polar surface area (TPSA) is 101 Å². The monoisotopic (exact) mass is 279 g/mol. The fourth-order valence-corrected chi connectivity index (χ4v) is 3.87. The molecule has 0 amide bonds.